The topological polar surface area (TPSA) is 72.7 Å². The van der Waals surface area contributed by atoms with Crippen LogP contribution in [0, 0.1) is 12.7 Å². The van der Waals surface area contributed by atoms with E-state index in [1.54, 1.807) is 37.5 Å². The highest BCUT2D eigenvalue weighted by Crippen LogP contribution is 2.24. The zero-order valence-corrected chi connectivity index (χ0v) is 15.5. The third kappa shape index (κ3) is 4.40. The second-order valence-corrected chi connectivity index (χ2v) is 6.63. The lowest BCUT2D eigenvalue weighted by Crippen LogP contribution is -2.15. The van der Waals surface area contributed by atoms with Crippen LogP contribution in [-0.4, -0.2) is 31.4 Å². The van der Waals surface area contributed by atoms with E-state index in [0.717, 1.165) is 5.56 Å². The summed E-state index contributed by atoms with van der Waals surface area (Å²) in [4.78, 5) is 16.3. The third-order valence-corrected chi connectivity index (χ3v) is 4.81. The lowest BCUT2D eigenvalue weighted by Gasteiger charge is -2.09. The summed E-state index contributed by atoms with van der Waals surface area (Å²) >= 11 is 1.26. The van der Waals surface area contributed by atoms with Crippen molar-refractivity contribution in [3.05, 3.63) is 66.8 Å². The molecule has 6 nitrogen and oxygen atoms in total. The van der Waals surface area contributed by atoms with Crippen molar-refractivity contribution < 1.29 is 9.18 Å². The summed E-state index contributed by atoms with van der Waals surface area (Å²) in [6.45, 7) is 5.90. The molecule has 2 heterocycles. The number of anilines is 1. The molecule has 3 aromatic rings. The Morgan fingerprint density at radius 2 is 2.07 bits per heavy atom. The van der Waals surface area contributed by atoms with Crippen LogP contribution >= 0.6 is 11.8 Å². The first-order valence-corrected chi connectivity index (χ1v) is 9.21. The third-order valence-electron chi connectivity index (χ3n) is 3.84. The lowest BCUT2D eigenvalue weighted by molar-refractivity contribution is -0.113. The SMILES string of the molecule is C=CCn1c(SCC(=O)Nc2cccc(F)c2C)nnc1-c1ccncc1. The molecule has 0 atom stereocenters. The minimum atomic E-state index is -0.354. The summed E-state index contributed by atoms with van der Waals surface area (Å²) in [7, 11) is 0. The van der Waals surface area contributed by atoms with Crippen LogP contribution in [0.1, 0.15) is 5.56 Å². The number of amides is 1. The number of thioether (sulfide) groups is 1. The Morgan fingerprint density at radius 3 is 2.81 bits per heavy atom. The summed E-state index contributed by atoms with van der Waals surface area (Å²) in [5, 5.41) is 11.7. The molecule has 0 aliphatic carbocycles. The first-order chi connectivity index (χ1) is 13.1. The van der Waals surface area contributed by atoms with Gasteiger partial charge in [-0.15, -0.1) is 16.8 Å². The molecule has 27 heavy (non-hydrogen) atoms. The number of hydrogen-bond donors (Lipinski definition) is 1. The Balaban J connectivity index is 1.72. The molecule has 0 unspecified atom stereocenters. The van der Waals surface area contributed by atoms with Gasteiger partial charge in [0.2, 0.25) is 5.91 Å². The fourth-order valence-electron chi connectivity index (χ4n) is 2.46. The average Bonchev–Trinajstić information content (AvgIpc) is 3.07. The van der Waals surface area contributed by atoms with E-state index >= 15 is 0 Å². The predicted molar refractivity (Wildman–Crippen MR) is 104 cm³/mol. The Labute approximate surface area is 160 Å². The molecule has 0 aliphatic rings. The van der Waals surface area contributed by atoms with Crippen LogP contribution in [0.5, 0.6) is 0 Å². The van der Waals surface area contributed by atoms with Gasteiger partial charge in [-0.25, -0.2) is 4.39 Å². The van der Waals surface area contributed by atoms with Crippen molar-refractivity contribution in [1.29, 1.82) is 0 Å². The van der Waals surface area contributed by atoms with Crippen molar-refractivity contribution >= 4 is 23.4 Å². The van der Waals surface area contributed by atoms with Crippen molar-refractivity contribution in [2.75, 3.05) is 11.1 Å². The Kier molecular flexibility index (Phi) is 5.97. The maximum atomic E-state index is 13.6. The van der Waals surface area contributed by atoms with Gasteiger partial charge in [-0.3, -0.25) is 14.3 Å². The van der Waals surface area contributed by atoms with Crippen LogP contribution in [-0.2, 0) is 11.3 Å². The van der Waals surface area contributed by atoms with Crippen molar-refractivity contribution in [1.82, 2.24) is 19.7 Å². The van der Waals surface area contributed by atoms with Gasteiger partial charge in [-0.2, -0.15) is 0 Å². The summed E-state index contributed by atoms with van der Waals surface area (Å²) in [5.74, 6) is 0.211. The second-order valence-electron chi connectivity index (χ2n) is 5.69. The molecule has 0 radical (unpaired) electrons. The molecule has 0 spiro atoms. The quantitative estimate of drug-likeness (QED) is 0.497. The first-order valence-electron chi connectivity index (χ1n) is 8.22. The molecule has 8 heteroatoms. The zero-order chi connectivity index (χ0) is 19.2. The molecule has 3 rings (SSSR count). The van der Waals surface area contributed by atoms with Crippen LogP contribution in [0.2, 0.25) is 0 Å². The highest BCUT2D eigenvalue weighted by molar-refractivity contribution is 7.99. The van der Waals surface area contributed by atoms with E-state index in [-0.39, 0.29) is 17.5 Å². The molecular weight excluding hydrogens is 365 g/mol. The standard InChI is InChI=1S/C19H18FN5OS/c1-3-11-25-18(14-7-9-21-10-8-14)23-24-19(25)27-12-17(26)22-16-6-4-5-15(20)13(16)2/h3-10H,1,11-12H2,2H3,(H,22,26). The van der Waals surface area contributed by atoms with Gasteiger partial charge >= 0.3 is 0 Å². The van der Waals surface area contributed by atoms with Gasteiger partial charge in [-0.1, -0.05) is 23.9 Å². The minimum Gasteiger partial charge on any atom is -0.325 e. The number of nitrogens with zero attached hydrogens (tertiary/aromatic N) is 4. The average molecular weight is 383 g/mol. The van der Waals surface area contributed by atoms with Crippen molar-refractivity contribution in [2.45, 2.75) is 18.6 Å². The zero-order valence-electron chi connectivity index (χ0n) is 14.7. The van der Waals surface area contributed by atoms with E-state index in [2.05, 4.69) is 27.1 Å². The number of carbonyl (C=O) groups excluding carboxylic acids is 1. The number of halogens is 1. The largest absolute Gasteiger partial charge is 0.325 e. The van der Waals surface area contributed by atoms with Gasteiger partial charge in [0.25, 0.3) is 0 Å². The van der Waals surface area contributed by atoms with Crippen LogP contribution in [0.4, 0.5) is 10.1 Å². The van der Waals surface area contributed by atoms with Gasteiger partial charge < -0.3 is 5.32 Å². The van der Waals surface area contributed by atoms with E-state index < -0.39 is 0 Å². The molecule has 0 saturated heterocycles. The smallest absolute Gasteiger partial charge is 0.234 e. The number of aromatic nitrogens is 4. The summed E-state index contributed by atoms with van der Waals surface area (Å²) in [5.41, 5.74) is 1.75. The molecule has 1 aromatic carbocycles. The maximum Gasteiger partial charge on any atom is 0.234 e. The second kappa shape index (κ2) is 8.59. The molecule has 2 aromatic heterocycles. The van der Waals surface area contributed by atoms with Crippen LogP contribution < -0.4 is 5.32 Å². The summed E-state index contributed by atoms with van der Waals surface area (Å²) in [6.07, 6.45) is 5.11. The molecule has 1 amide bonds. The molecular formula is C19H18FN5OS. The number of pyridine rings is 1. The Morgan fingerprint density at radius 1 is 1.30 bits per heavy atom. The van der Waals surface area contributed by atoms with Gasteiger partial charge in [0.15, 0.2) is 11.0 Å². The Hall–Kier alpha value is -3.00. The van der Waals surface area contributed by atoms with E-state index in [1.807, 2.05) is 16.7 Å². The van der Waals surface area contributed by atoms with E-state index in [0.29, 0.717) is 28.8 Å². The minimum absolute atomic E-state index is 0.127. The summed E-state index contributed by atoms with van der Waals surface area (Å²) in [6, 6.07) is 8.28. The van der Waals surface area contributed by atoms with Crippen LogP contribution in [0.3, 0.4) is 0 Å². The van der Waals surface area contributed by atoms with Gasteiger partial charge in [0.05, 0.1) is 5.75 Å². The number of allylic oxidation sites excluding steroid dienone is 1. The summed E-state index contributed by atoms with van der Waals surface area (Å²) < 4.78 is 15.5. The predicted octanol–water partition coefficient (Wildman–Crippen LogP) is 3.70. The van der Waals surface area contributed by atoms with E-state index in [9.17, 15) is 9.18 Å². The number of carbonyl (C=O) groups is 1. The Bertz CT molecular complexity index is 958. The maximum absolute atomic E-state index is 13.6. The van der Waals surface area contributed by atoms with Crippen molar-refractivity contribution in [2.24, 2.45) is 0 Å². The molecule has 1 N–H and O–H groups in total. The lowest BCUT2D eigenvalue weighted by atomic mass is 10.2. The van der Waals surface area contributed by atoms with Gasteiger partial charge in [-0.05, 0) is 31.2 Å². The monoisotopic (exact) mass is 383 g/mol. The molecule has 0 saturated carbocycles. The highest BCUT2D eigenvalue weighted by Gasteiger charge is 2.15. The van der Waals surface area contributed by atoms with Gasteiger partial charge in [0, 0.05) is 35.8 Å². The van der Waals surface area contributed by atoms with Crippen molar-refractivity contribution in [3.8, 4) is 11.4 Å². The van der Waals surface area contributed by atoms with Crippen molar-refractivity contribution in [3.63, 3.8) is 0 Å². The molecule has 0 fully saturated rings. The number of benzene rings is 1. The first kappa shape index (κ1) is 18.8. The number of rotatable bonds is 7. The normalized spacial score (nSPS) is 10.6. The van der Waals surface area contributed by atoms with E-state index in [4.69, 9.17) is 0 Å². The fourth-order valence-corrected chi connectivity index (χ4v) is 3.21. The number of hydrogen-bond acceptors (Lipinski definition) is 5. The molecule has 0 bridgehead atoms. The van der Waals surface area contributed by atoms with Gasteiger partial charge in [0.1, 0.15) is 5.82 Å². The molecule has 0 aliphatic heterocycles. The molecule has 138 valence electrons. The van der Waals surface area contributed by atoms with E-state index in [1.165, 1.54) is 17.8 Å². The van der Waals surface area contributed by atoms with Crippen LogP contribution in [0.15, 0.2) is 60.5 Å². The van der Waals surface area contributed by atoms with Crippen LogP contribution in [0.25, 0.3) is 11.4 Å². The highest BCUT2D eigenvalue weighted by atomic mass is 32.2. The number of nitrogens with one attached hydrogen (secondary N) is 1. The fraction of sp³-hybridized carbons (Fsp3) is 0.158.